The van der Waals surface area contributed by atoms with Crippen molar-refractivity contribution in [3.05, 3.63) is 104 Å². The smallest absolute Gasteiger partial charge is 0.338 e. The minimum absolute atomic E-state index is 0.168. The fourth-order valence-corrected chi connectivity index (χ4v) is 4.40. The molecule has 0 atom stereocenters. The number of methoxy groups -OCH3 is 2. The van der Waals surface area contributed by atoms with Gasteiger partial charge in [0.1, 0.15) is 16.4 Å². The van der Waals surface area contributed by atoms with Gasteiger partial charge in [-0.2, -0.15) is 0 Å². The normalized spacial score (nSPS) is 11.1. The van der Waals surface area contributed by atoms with E-state index in [4.69, 9.17) is 14.2 Å². The highest BCUT2D eigenvalue weighted by Crippen LogP contribution is 2.19. The molecule has 0 spiro atoms. The topological polar surface area (TPSA) is 108 Å². The van der Waals surface area contributed by atoms with Crippen LogP contribution in [0.5, 0.6) is 11.5 Å². The number of benzene rings is 3. The summed E-state index contributed by atoms with van der Waals surface area (Å²) < 4.78 is 16.8. The quantitative estimate of drug-likeness (QED) is 0.334. The number of nitrogens with zero attached hydrogens (tertiary/aromatic N) is 2. The number of amides is 1. The second-order valence-electron chi connectivity index (χ2n) is 7.83. The third-order valence-corrected chi connectivity index (χ3v) is 6.35. The molecule has 1 heterocycles. The molecule has 1 aromatic heterocycles. The molecule has 1 N–H and O–H groups in total. The fraction of sp³-hybridized carbons (Fsp3) is 0.143. The Kier molecular flexibility index (Phi) is 8.34. The average Bonchev–Trinajstić information content (AvgIpc) is 2.94. The van der Waals surface area contributed by atoms with Gasteiger partial charge >= 0.3 is 5.97 Å². The third kappa shape index (κ3) is 6.16. The van der Waals surface area contributed by atoms with Gasteiger partial charge in [-0.25, -0.2) is 9.79 Å². The van der Waals surface area contributed by atoms with Gasteiger partial charge in [-0.3, -0.25) is 14.2 Å². The number of anilines is 1. The highest BCUT2D eigenvalue weighted by Gasteiger charge is 2.14. The molecule has 0 unspecified atom stereocenters. The molecule has 0 fully saturated rings. The maximum Gasteiger partial charge on any atom is 0.338 e. The number of ether oxygens (including phenoxy) is 3. The van der Waals surface area contributed by atoms with E-state index in [1.165, 1.54) is 10.6 Å². The summed E-state index contributed by atoms with van der Waals surface area (Å²) in [6, 6.07) is 21.6. The molecule has 10 heteroatoms. The van der Waals surface area contributed by atoms with Crippen LogP contribution in [0.3, 0.4) is 0 Å². The Labute approximate surface area is 222 Å². The van der Waals surface area contributed by atoms with Crippen molar-refractivity contribution in [2.24, 2.45) is 4.99 Å². The molecule has 4 rings (SSSR count). The minimum Gasteiger partial charge on any atom is -0.497 e. The molecule has 9 nitrogen and oxygen atoms in total. The van der Waals surface area contributed by atoms with Gasteiger partial charge in [-0.1, -0.05) is 11.3 Å². The van der Waals surface area contributed by atoms with E-state index in [2.05, 4.69) is 10.3 Å². The first-order valence-corrected chi connectivity index (χ1v) is 12.4. The Morgan fingerprint density at radius 2 is 1.50 bits per heavy atom. The number of carbonyl (C=O) groups excluding carboxylic acids is 2. The van der Waals surface area contributed by atoms with Crippen LogP contribution in [0.15, 0.2) is 88.6 Å². The summed E-state index contributed by atoms with van der Waals surface area (Å²) in [5.74, 6) is 0.384. The Morgan fingerprint density at radius 3 is 2.08 bits per heavy atom. The van der Waals surface area contributed by atoms with Crippen LogP contribution in [0.2, 0.25) is 0 Å². The van der Waals surface area contributed by atoms with Gasteiger partial charge in [0.15, 0.2) is 4.80 Å². The zero-order valence-electron chi connectivity index (χ0n) is 21.0. The van der Waals surface area contributed by atoms with Crippen molar-refractivity contribution in [3.63, 3.8) is 0 Å². The van der Waals surface area contributed by atoms with Crippen molar-refractivity contribution < 1.29 is 23.8 Å². The molecule has 4 aromatic rings. The SMILES string of the molecule is CCOC(=O)c1ccc(NC(=O)c2cc(=O)n(-c3ccc(OC)cc3)c(=Nc3ccc(OC)cc3)s2)cc1. The first kappa shape index (κ1) is 26.4. The lowest BCUT2D eigenvalue weighted by Gasteiger charge is -2.10. The van der Waals surface area contributed by atoms with Gasteiger partial charge in [0.2, 0.25) is 0 Å². The minimum atomic E-state index is -0.482. The first-order valence-electron chi connectivity index (χ1n) is 11.6. The molecule has 0 saturated carbocycles. The predicted octanol–water partition coefficient (Wildman–Crippen LogP) is 4.58. The maximum absolute atomic E-state index is 13.3. The molecule has 0 aliphatic rings. The van der Waals surface area contributed by atoms with Gasteiger partial charge in [0.05, 0.1) is 37.8 Å². The van der Waals surface area contributed by atoms with Crippen molar-refractivity contribution in [1.82, 2.24) is 4.57 Å². The molecular formula is C28H25N3O6S. The number of hydrogen-bond acceptors (Lipinski definition) is 8. The fourth-order valence-electron chi connectivity index (χ4n) is 3.46. The highest BCUT2D eigenvalue weighted by atomic mass is 32.1. The van der Waals surface area contributed by atoms with Gasteiger partial charge < -0.3 is 19.5 Å². The summed E-state index contributed by atoms with van der Waals surface area (Å²) in [5, 5.41) is 2.76. The molecule has 0 aliphatic heterocycles. The summed E-state index contributed by atoms with van der Waals surface area (Å²) in [6.45, 7) is 2.00. The summed E-state index contributed by atoms with van der Waals surface area (Å²) in [5.41, 5.74) is 1.55. The first-order chi connectivity index (χ1) is 18.4. The van der Waals surface area contributed by atoms with Crippen molar-refractivity contribution in [2.45, 2.75) is 6.92 Å². The number of aromatic nitrogens is 1. The van der Waals surface area contributed by atoms with Gasteiger partial charge in [-0.15, -0.1) is 0 Å². The lowest BCUT2D eigenvalue weighted by molar-refractivity contribution is 0.0526. The van der Waals surface area contributed by atoms with Gasteiger partial charge in [0, 0.05) is 11.8 Å². The van der Waals surface area contributed by atoms with Crippen LogP contribution in [-0.2, 0) is 4.74 Å². The third-order valence-electron chi connectivity index (χ3n) is 5.37. The number of rotatable bonds is 8. The number of esters is 1. The van der Waals surface area contributed by atoms with Crippen LogP contribution >= 0.6 is 11.3 Å². The van der Waals surface area contributed by atoms with Crippen LogP contribution in [0.1, 0.15) is 27.0 Å². The van der Waals surface area contributed by atoms with Crippen LogP contribution in [0.25, 0.3) is 5.69 Å². The second kappa shape index (κ2) is 12.0. The predicted molar refractivity (Wildman–Crippen MR) is 145 cm³/mol. The molecule has 0 saturated heterocycles. The van der Waals surface area contributed by atoms with Crippen molar-refractivity contribution in [1.29, 1.82) is 0 Å². The lowest BCUT2D eigenvalue weighted by Crippen LogP contribution is -2.31. The summed E-state index contributed by atoms with van der Waals surface area (Å²) >= 11 is 1.06. The van der Waals surface area contributed by atoms with Crippen LogP contribution < -0.4 is 25.2 Å². The zero-order valence-corrected chi connectivity index (χ0v) is 21.8. The summed E-state index contributed by atoms with van der Waals surface area (Å²) in [4.78, 5) is 43.4. The maximum atomic E-state index is 13.3. The number of nitrogens with one attached hydrogen (secondary N) is 1. The number of carbonyl (C=O) groups is 2. The Hall–Kier alpha value is -4.70. The van der Waals surface area contributed by atoms with E-state index in [9.17, 15) is 14.4 Å². The Bertz CT molecular complexity index is 1560. The summed E-state index contributed by atoms with van der Waals surface area (Å²) in [6.07, 6.45) is 0. The molecule has 0 radical (unpaired) electrons. The molecular weight excluding hydrogens is 506 g/mol. The van der Waals surface area contributed by atoms with E-state index in [0.717, 1.165) is 11.3 Å². The van der Waals surface area contributed by atoms with Crippen molar-refractivity contribution in [3.8, 4) is 17.2 Å². The van der Waals surface area contributed by atoms with Crippen molar-refractivity contribution in [2.75, 3.05) is 26.1 Å². The van der Waals surface area contributed by atoms with Crippen LogP contribution in [0.4, 0.5) is 11.4 Å². The van der Waals surface area contributed by atoms with E-state index in [1.54, 1.807) is 93.9 Å². The monoisotopic (exact) mass is 531 g/mol. The molecule has 194 valence electrons. The molecule has 3 aromatic carbocycles. The van der Waals surface area contributed by atoms with Crippen LogP contribution in [-0.4, -0.2) is 37.3 Å². The van der Waals surface area contributed by atoms with Crippen molar-refractivity contribution >= 4 is 34.6 Å². The molecule has 0 aliphatic carbocycles. The Balaban J connectivity index is 1.73. The van der Waals surface area contributed by atoms with Crippen LogP contribution in [0, 0.1) is 0 Å². The zero-order chi connectivity index (χ0) is 27.1. The van der Waals surface area contributed by atoms with E-state index < -0.39 is 17.4 Å². The average molecular weight is 532 g/mol. The van der Waals surface area contributed by atoms with Gasteiger partial charge in [-0.05, 0) is 79.7 Å². The molecule has 0 bridgehead atoms. The van der Waals surface area contributed by atoms with E-state index in [1.807, 2.05) is 0 Å². The van der Waals surface area contributed by atoms with E-state index >= 15 is 0 Å². The summed E-state index contributed by atoms with van der Waals surface area (Å²) in [7, 11) is 3.13. The molecule has 38 heavy (non-hydrogen) atoms. The second-order valence-corrected chi connectivity index (χ2v) is 8.84. The number of hydrogen-bond donors (Lipinski definition) is 1. The van der Waals surface area contributed by atoms with Gasteiger partial charge in [0.25, 0.3) is 11.5 Å². The van der Waals surface area contributed by atoms with E-state index in [0.29, 0.717) is 38.9 Å². The standard InChI is InChI=1S/C28H25N3O6S/c1-4-37-27(34)18-5-7-19(8-6-18)29-26(33)24-17-25(32)31(21-11-15-23(36-3)16-12-21)28(38-24)30-20-9-13-22(35-2)14-10-20/h5-17H,4H2,1-3H3,(H,29,33). The highest BCUT2D eigenvalue weighted by molar-refractivity contribution is 7.11. The van der Waals surface area contributed by atoms with E-state index in [-0.39, 0.29) is 11.5 Å². The largest absolute Gasteiger partial charge is 0.497 e. The lowest BCUT2D eigenvalue weighted by atomic mass is 10.2. The Morgan fingerprint density at radius 1 is 0.895 bits per heavy atom. The molecule has 1 amide bonds.